The number of ether oxygens (including phenoxy) is 1. The number of amides is 1. The number of nitriles is 1. The van der Waals surface area contributed by atoms with Crippen LogP contribution in [0.4, 0.5) is 14.5 Å². The second kappa shape index (κ2) is 13.1. The number of carbonyl (C=O) groups excluding carboxylic acids is 1. The van der Waals surface area contributed by atoms with Crippen LogP contribution in [-0.4, -0.2) is 47.2 Å². The number of carboxylic acids is 1. The highest BCUT2D eigenvalue weighted by Gasteiger charge is 2.69. The molecule has 1 amide bonds. The molecule has 2 aliphatic heterocycles. The Morgan fingerprint density at radius 1 is 1.13 bits per heavy atom. The van der Waals surface area contributed by atoms with Crippen LogP contribution >= 0.6 is 23.2 Å². The highest BCUT2D eigenvalue weighted by atomic mass is 35.5. The standard InChI is InChI=1S/C36H37Cl2F2N3O4/c1-6-7-11-29-42(21-13-14-22(34(45)46)27(17-21)47-5)33(44)32-30(23-9-8-10-25(38)31(23)40)36(19-41,24-15-12-20(37)16-26(24)39)28(43(29)32)18-35(2,3)4/h8-10,12-17,28-30,32H,6-7,11,18H2,1-5H3,(H,45,46). The highest BCUT2D eigenvalue weighted by molar-refractivity contribution is 6.31. The highest BCUT2D eigenvalue weighted by Crippen LogP contribution is 2.60. The van der Waals surface area contributed by atoms with Gasteiger partial charge in [-0.3, -0.25) is 14.6 Å². The Kier molecular flexibility index (Phi) is 9.62. The largest absolute Gasteiger partial charge is 0.496 e. The molecule has 0 aliphatic carbocycles. The molecule has 1 N–H and O–H groups in total. The van der Waals surface area contributed by atoms with E-state index in [9.17, 15) is 20.0 Å². The summed E-state index contributed by atoms with van der Waals surface area (Å²) in [6, 6.07) is 13.6. The molecule has 2 saturated heterocycles. The van der Waals surface area contributed by atoms with Gasteiger partial charge in [-0.25, -0.2) is 13.6 Å². The number of fused-ring (bicyclic) bond motifs is 1. The number of carboxylic acid groups (broad SMARTS) is 1. The van der Waals surface area contributed by atoms with E-state index >= 15 is 8.78 Å². The third-order valence-electron chi connectivity index (χ3n) is 9.34. The van der Waals surface area contributed by atoms with Crippen molar-refractivity contribution in [3.8, 4) is 11.8 Å². The first-order valence-corrected chi connectivity index (χ1v) is 16.3. The maximum atomic E-state index is 16.2. The predicted molar refractivity (Wildman–Crippen MR) is 177 cm³/mol. The van der Waals surface area contributed by atoms with Gasteiger partial charge in [-0.15, -0.1) is 0 Å². The summed E-state index contributed by atoms with van der Waals surface area (Å²) < 4.78 is 37.8. The number of hydrogen-bond acceptors (Lipinski definition) is 5. The van der Waals surface area contributed by atoms with Gasteiger partial charge in [0.15, 0.2) is 0 Å². The van der Waals surface area contributed by atoms with Gasteiger partial charge in [0.25, 0.3) is 0 Å². The summed E-state index contributed by atoms with van der Waals surface area (Å²) in [5, 5.41) is 21.0. The zero-order valence-corrected chi connectivity index (χ0v) is 28.4. The fourth-order valence-electron chi connectivity index (χ4n) is 7.51. The number of halogens is 4. The number of carbonyl (C=O) groups is 2. The lowest BCUT2D eigenvalue weighted by atomic mass is 9.62. The van der Waals surface area contributed by atoms with E-state index in [1.165, 1.54) is 43.5 Å². The van der Waals surface area contributed by atoms with Crippen molar-refractivity contribution in [1.29, 1.82) is 5.26 Å². The van der Waals surface area contributed by atoms with Crippen LogP contribution in [0.5, 0.6) is 5.75 Å². The number of anilines is 1. The number of nitrogens with zero attached hydrogens (tertiary/aromatic N) is 3. The Labute approximate surface area is 283 Å². The van der Waals surface area contributed by atoms with Crippen LogP contribution in [0.25, 0.3) is 0 Å². The Morgan fingerprint density at radius 3 is 2.45 bits per heavy atom. The van der Waals surface area contributed by atoms with Gasteiger partial charge in [0.2, 0.25) is 5.91 Å². The second-order valence-electron chi connectivity index (χ2n) is 13.4. The van der Waals surface area contributed by atoms with E-state index in [0.717, 1.165) is 12.5 Å². The lowest BCUT2D eigenvalue weighted by Gasteiger charge is -2.42. The van der Waals surface area contributed by atoms with E-state index in [-0.39, 0.29) is 32.5 Å². The van der Waals surface area contributed by atoms with E-state index in [4.69, 9.17) is 27.9 Å². The Hall–Kier alpha value is -3.71. The molecule has 47 heavy (non-hydrogen) atoms. The monoisotopic (exact) mass is 683 g/mol. The number of benzene rings is 3. The average Bonchev–Trinajstić information content (AvgIpc) is 3.45. The Morgan fingerprint density at radius 2 is 1.85 bits per heavy atom. The average molecular weight is 685 g/mol. The molecule has 2 aliphatic rings. The van der Waals surface area contributed by atoms with Crippen molar-refractivity contribution in [3.63, 3.8) is 0 Å². The SMILES string of the molecule is CCCCC1N(c2ccc(C(=O)O)c(OC)c2)C(=O)C2C(c3cccc(Cl)c3F)C(C#N)(c3ccc(Cl)cc3F)C(CC(C)(C)C)N21. The van der Waals surface area contributed by atoms with Crippen molar-refractivity contribution in [1.82, 2.24) is 4.90 Å². The zero-order chi connectivity index (χ0) is 34.4. The van der Waals surface area contributed by atoms with Crippen molar-refractivity contribution in [3.05, 3.63) is 93.0 Å². The minimum atomic E-state index is -1.74. The summed E-state index contributed by atoms with van der Waals surface area (Å²) in [5.74, 6) is -4.23. The Bertz CT molecular complexity index is 1760. The van der Waals surface area contributed by atoms with Gasteiger partial charge in [-0.2, -0.15) is 5.26 Å². The molecule has 0 aromatic heterocycles. The van der Waals surface area contributed by atoms with Crippen molar-refractivity contribution in [2.45, 2.75) is 83.0 Å². The molecule has 0 saturated carbocycles. The molecule has 2 heterocycles. The lowest BCUT2D eigenvalue weighted by molar-refractivity contribution is -0.119. The van der Waals surface area contributed by atoms with Gasteiger partial charge in [0.1, 0.15) is 34.4 Å². The van der Waals surface area contributed by atoms with E-state index < -0.39 is 58.5 Å². The summed E-state index contributed by atoms with van der Waals surface area (Å²) >= 11 is 12.5. The molecule has 3 aromatic rings. The van der Waals surface area contributed by atoms with Gasteiger partial charge >= 0.3 is 5.97 Å². The Balaban J connectivity index is 1.85. The number of methoxy groups -OCH3 is 1. The number of aromatic carboxylic acids is 1. The van der Waals surface area contributed by atoms with Crippen LogP contribution in [0.3, 0.4) is 0 Å². The van der Waals surface area contributed by atoms with Crippen LogP contribution in [0.1, 0.15) is 80.8 Å². The molecule has 0 spiro atoms. The number of hydrogen-bond donors (Lipinski definition) is 1. The molecule has 0 bridgehead atoms. The molecule has 248 valence electrons. The summed E-state index contributed by atoms with van der Waals surface area (Å²) in [6.45, 7) is 8.03. The topological polar surface area (TPSA) is 93.9 Å². The number of unbranched alkanes of at least 4 members (excludes halogenated alkanes) is 1. The summed E-state index contributed by atoms with van der Waals surface area (Å²) in [6.07, 6.45) is 1.70. The second-order valence-corrected chi connectivity index (χ2v) is 14.3. The fraction of sp³-hybridized carbons (Fsp3) is 0.417. The lowest BCUT2D eigenvalue weighted by Crippen LogP contribution is -2.52. The maximum absolute atomic E-state index is 16.2. The molecule has 11 heteroatoms. The maximum Gasteiger partial charge on any atom is 0.339 e. The van der Waals surface area contributed by atoms with Gasteiger partial charge in [-0.05, 0) is 54.2 Å². The first kappa shape index (κ1) is 34.6. The van der Waals surface area contributed by atoms with Gasteiger partial charge in [-0.1, -0.05) is 81.9 Å². The first-order chi connectivity index (χ1) is 22.2. The normalized spacial score (nSPS) is 24.3. The number of rotatable bonds is 9. The summed E-state index contributed by atoms with van der Waals surface area (Å²) in [7, 11) is 1.35. The van der Waals surface area contributed by atoms with Gasteiger partial charge in [0.05, 0.1) is 24.4 Å². The van der Waals surface area contributed by atoms with Crippen LogP contribution in [0.2, 0.25) is 10.0 Å². The predicted octanol–water partition coefficient (Wildman–Crippen LogP) is 8.58. The van der Waals surface area contributed by atoms with Crippen molar-refractivity contribution >= 4 is 40.8 Å². The minimum absolute atomic E-state index is 0.0264. The van der Waals surface area contributed by atoms with Crippen LogP contribution in [0, 0.1) is 28.4 Å². The van der Waals surface area contributed by atoms with Crippen molar-refractivity contribution < 1.29 is 28.2 Å². The molecular formula is C36H37Cl2F2N3O4. The molecule has 2 fully saturated rings. The van der Waals surface area contributed by atoms with Gasteiger partial charge in [0, 0.05) is 34.3 Å². The fourth-order valence-corrected chi connectivity index (χ4v) is 7.85. The smallest absolute Gasteiger partial charge is 0.339 e. The van der Waals surface area contributed by atoms with Gasteiger partial charge < -0.3 is 9.84 Å². The van der Waals surface area contributed by atoms with E-state index in [1.807, 2.05) is 32.6 Å². The first-order valence-electron chi connectivity index (χ1n) is 15.5. The van der Waals surface area contributed by atoms with E-state index in [0.29, 0.717) is 24.9 Å². The van der Waals surface area contributed by atoms with Crippen molar-refractivity contribution in [2.24, 2.45) is 5.41 Å². The van der Waals surface area contributed by atoms with Crippen LogP contribution in [0.15, 0.2) is 54.6 Å². The molecule has 5 unspecified atom stereocenters. The third-order valence-corrected chi connectivity index (χ3v) is 9.87. The van der Waals surface area contributed by atoms with Crippen LogP contribution in [-0.2, 0) is 10.2 Å². The summed E-state index contributed by atoms with van der Waals surface area (Å²) in [4.78, 5) is 30.4. The molecule has 0 radical (unpaired) electrons. The van der Waals surface area contributed by atoms with Crippen LogP contribution < -0.4 is 9.64 Å². The molecule has 5 atom stereocenters. The zero-order valence-electron chi connectivity index (χ0n) is 26.9. The molecule has 3 aromatic carbocycles. The van der Waals surface area contributed by atoms with Crippen molar-refractivity contribution in [2.75, 3.05) is 12.0 Å². The van der Waals surface area contributed by atoms with E-state index in [2.05, 4.69) is 6.07 Å². The summed E-state index contributed by atoms with van der Waals surface area (Å²) in [5.41, 5.74) is -1.77. The third kappa shape index (κ3) is 5.85. The molecular weight excluding hydrogens is 647 g/mol. The van der Waals surface area contributed by atoms with E-state index in [1.54, 1.807) is 17.0 Å². The quantitative estimate of drug-likeness (QED) is 0.243. The molecule has 7 nitrogen and oxygen atoms in total. The molecule has 5 rings (SSSR count). The minimum Gasteiger partial charge on any atom is -0.496 e.